The van der Waals surface area contributed by atoms with Gasteiger partial charge in [-0.05, 0) is 24.6 Å². The van der Waals surface area contributed by atoms with Crippen LogP contribution in [0.2, 0.25) is 0 Å². The molecule has 16 heavy (non-hydrogen) atoms. The predicted octanol–water partition coefficient (Wildman–Crippen LogP) is 2.36. The highest BCUT2D eigenvalue weighted by atomic mass is 16.3. The zero-order valence-electron chi connectivity index (χ0n) is 8.96. The number of phenols is 1. The maximum atomic E-state index is 9.38. The number of aromatic nitrogens is 2. The van der Waals surface area contributed by atoms with Crippen molar-refractivity contribution in [3.63, 3.8) is 0 Å². The molecule has 0 aliphatic rings. The van der Waals surface area contributed by atoms with Crippen molar-refractivity contribution >= 4 is 5.69 Å². The van der Waals surface area contributed by atoms with Crippen molar-refractivity contribution < 1.29 is 5.11 Å². The van der Waals surface area contributed by atoms with Gasteiger partial charge in [0.25, 0.3) is 0 Å². The molecule has 0 spiro atoms. The van der Waals surface area contributed by atoms with E-state index in [9.17, 15) is 5.11 Å². The summed E-state index contributed by atoms with van der Waals surface area (Å²) in [5.74, 6) is 0.274. The second-order valence-electron chi connectivity index (χ2n) is 3.59. The lowest BCUT2D eigenvalue weighted by Gasteiger charge is -2.15. The van der Waals surface area contributed by atoms with Crippen molar-refractivity contribution in [1.29, 1.82) is 0 Å². The summed E-state index contributed by atoms with van der Waals surface area (Å²) >= 11 is 0. The Hall–Kier alpha value is -2.10. The number of aromatic hydroxyl groups is 1. The predicted molar refractivity (Wildman–Crippen MR) is 62.2 cm³/mol. The van der Waals surface area contributed by atoms with E-state index >= 15 is 0 Å². The summed E-state index contributed by atoms with van der Waals surface area (Å²) in [6.45, 7) is 2.02. The van der Waals surface area contributed by atoms with E-state index in [1.165, 1.54) is 6.33 Å². The zero-order chi connectivity index (χ0) is 11.4. The molecule has 0 aliphatic carbocycles. The van der Waals surface area contributed by atoms with Gasteiger partial charge in [0.15, 0.2) is 0 Å². The molecule has 0 aliphatic heterocycles. The standard InChI is InChI=1S/C12H13N3O/c1-9(10-3-2-4-12(16)5-10)15-11-6-13-8-14-7-11/h2-9,15-16H,1H3. The highest BCUT2D eigenvalue weighted by Crippen LogP contribution is 2.21. The first kappa shape index (κ1) is 10.4. The molecule has 0 saturated carbocycles. The molecule has 82 valence electrons. The quantitative estimate of drug-likeness (QED) is 0.825. The van der Waals surface area contributed by atoms with Crippen LogP contribution in [0.5, 0.6) is 5.75 Å². The third-order valence-electron chi connectivity index (χ3n) is 2.31. The minimum absolute atomic E-state index is 0.0955. The van der Waals surface area contributed by atoms with Crippen molar-refractivity contribution in [3.8, 4) is 5.75 Å². The Kier molecular flexibility index (Phi) is 3.00. The minimum atomic E-state index is 0.0955. The van der Waals surface area contributed by atoms with Gasteiger partial charge in [-0.15, -0.1) is 0 Å². The molecule has 0 bridgehead atoms. The largest absolute Gasteiger partial charge is 0.508 e. The molecule has 4 heteroatoms. The fraction of sp³-hybridized carbons (Fsp3) is 0.167. The van der Waals surface area contributed by atoms with Crippen molar-refractivity contribution in [2.45, 2.75) is 13.0 Å². The molecule has 2 aromatic rings. The monoisotopic (exact) mass is 215 g/mol. The number of nitrogens with zero attached hydrogens (tertiary/aromatic N) is 2. The Labute approximate surface area is 94.0 Å². The number of phenolic OH excluding ortho intramolecular Hbond substituents is 1. The molecule has 1 atom stereocenters. The van der Waals surface area contributed by atoms with Gasteiger partial charge in [0.2, 0.25) is 0 Å². The second-order valence-corrected chi connectivity index (χ2v) is 3.59. The highest BCUT2D eigenvalue weighted by molar-refractivity contribution is 5.41. The third kappa shape index (κ3) is 2.48. The van der Waals surface area contributed by atoms with Crippen LogP contribution in [0.4, 0.5) is 5.69 Å². The summed E-state index contributed by atoms with van der Waals surface area (Å²) < 4.78 is 0. The molecule has 0 fully saturated rings. The van der Waals surface area contributed by atoms with Crippen molar-refractivity contribution in [3.05, 3.63) is 48.5 Å². The number of hydrogen-bond acceptors (Lipinski definition) is 4. The van der Waals surface area contributed by atoms with Gasteiger partial charge in [0.1, 0.15) is 12.1 Å². The summed E-state index contributed by atoms with van der Waals surface area (Å²) in [5, 5.41) is 12.6. The third-order valence-corrected chi connectivity index (χ3v) is 2.31. The summed E-state index contributed by atoms with van der Waals surface area (Å²) in [5.41, 5.74) is 1.88. The van der Waals surface area contributed by atoms with Gasteiger partial charge >= 0.3 is 0 Å². The van der Waals surface area contributed by atoms with E-state index in [0.29, 0.717) is 0 Å². The summed E-state index contributed by atoms with van der Waals surface area (Å²) in [6.07, 6.45) is 4.92. The summed E-state index contributed by atoms with van der Waals surface area (Å²) in [6, 6.07) is 7.27. The average Bonchev–Trinajstić information content (AvgIpc) is 2.30. The molecule has 2 rings (SSSR count). The molecule has 1 aromatic heterocycles. The Morgan fingerprint density at radius 3 is 2.69 bits per heavy atom. The molecule has 0 amide bonds. The lowest BCUT2D eigenvalue weighted by atomic mass is 10.1. The van der Waals surface area contributed by atoms with Crippen LogP contribution < -0.4 is 5.32 Å². The molecule has 1 heterocycles. The molecule has 1 aromatic carbocycles. The van der Waals surface area contributed by atoms with Gasteiger partial charge in [0, 0.05) is 6.04 Å². The van der Waals surface area contributed by atoms with E-state index in [4.69, 9.17) is 0 Å². The molecule has 2 N–H and O–H groups in total. The van der Waals surface area contributed by atoms with Crippen molar-refractivity contribution in [2.24, 2.45) is 0 Å². The SMILES string of the molecule is CC(Nc1cncnc1)c1cccc(O)c1. The molecular formula is C12H13N3O. The van der Waals surface area contributed by atoms with E-state index in [2.05, 4.69) is 15.3 Å². The average molecular weight is 215 g/mol. The smallest absolute Gasteiger partial charge is 0.115 e. The van der Waals surface area contributed by atoms with E-state index in [1.54, 1.807) is 24.5 Å². The van der Waals surface area contributed by atoms with Gasteiger partial charge in [0.05, 0.1) is 18.1 Å². The Balaban J connectivity index is 2.12. The molecule has 0 radical (unpaired) electrons. The van der Waals surface area contributed by atoms with Crippen LogP contribution in [0.1, 0.15) is 18.5 Å². The van der Waals surface area contributed by atoms with E-state index in [-0.39, 0.29) is 11.8 Å². The number of hydrogen-bond donors (Lipinski definition) is 2. The first-order valence-corrected chi connectivity index (χ1v) is 5.06. The Bertz CT molecular complexity index is 459. The minimum Gasteiger partial charge on any atom is -0.508 e. The molecule has 1 unspecified atom stereocenters. The van der Waals surface area contributed by atoms with Crippen LogP contribution >= 0.6 is 0 Å². The molecule has 4 nitrogen and oxygen atoms in total. The van der Waals surface area contributed by atoms with Gasteiger partial charge in [-0.2, -0.15) is 0 Å². The number of anilines is 1. The van der Waals surface area contributed by atoms with E-state index < -0.39 is 0 Å². The van der Waals surface area contributed by atoms with E-state index in [0.717, 1.165) is 11.3 Å². The van der Waals surface area contributed by atoms with Gasteiger partial charge < -0.3 is 10.4 Å². The topological polar surface area (TPSA) is 58.0 Å². The molecular weight excluding hydrogens is 202 g/mol. The maximum absolute atomic E-state index is 9.38. The fourth-order valence-electron chi connectivity index (χ4n) is 1.50. The lowest BCUT2D eigenvalue weighted by molar-refractivity contribution is 0.474. The number of nitrogens with one attached hydrogen (secondary N) is 1. The van der Waals surface area contributed by atoms with Crippen LogP contribution in [0.3, 0.4) is 0 Å². The maximum Gasteiger partial charge on any atom is 0.115 e. The van der Waals surface area contributed by atoms with Crippen LogP contribution in [0.15, 0.2) is 43.0 Å². The second kappa shape index (κ2) is 4.61. The Morgan fingerprint density at radius 1 is 1.25 bits per heavy atom. The zero-order valence-corrected chi connectivity index (χ0v) is 8.96. The fourth-order valence-corrected chi connectivity index (χ4v) is 1.50. The Morgan fingerprint density at radius 2 is 2.00 bits per heavy atom. The van der Waals surface area contributed by atoms with Crippen LogP contribution in [0, 0.1) is 0 Å². The number of benzene rings is 1. The summed E-state index contributed by atoms with van der Waals surface area (Å²) in [4.78, 5) is 7.85. The molecule has 0 saturated heterocycles. The summed E-state index contributed by atoms with van der Waals surface area (Å²) in [7, 11) is 0. The van der Waals surface area contributed by atoms with Gasteiger partial charge in [-0.1, -0.05) is 12.1 Å². The van der Waals surface area contributed by atoms with Crippen molar-refractivity contribution in [1.82, 2.24) is 9.97 Å². The normalized spacial score (nSPS) is 12.1. The number of rotatable bonds is 3. The first-order chi connectivity index (χ1) is 7.75. The van der Waals surface area contributed by atoms with Gasteiger partial charge in [-0.25, -0.2) is 9.97 Å². The van der Waals surface area contributed by atoms with Crippen LogP contribution in [-0.2, 0) is 0 Å². The van der Waals surface area contributed by atoms with E-state index in [1.807, 2.05) is 19.1 Å². The van der Waals surface area contributed by atoms with Gasteiger partial charge in [-0.3, -0.25) is 0 Å². The van der Waals surface area contributed by atoms with Crippen LogP contribution in [-0.4, -0.2) is 15.1 Å². The lowest BCUT2D eigenvalue weighted by Crippen LogP contribution is -2.06. The highest BCUT2D eigenvalue weighted by Gasteiger charge is 2.05. The van der Waals surface area contributed by atoms with Crippen molar-refractivity contribution in [2.75, 3.05) is 5.32 Å². The van der Waals surface area contributed by atoms with Crippen LogP contribution in [0.25, 0.3) is 0 Å². The first-order valence-electron chi connectivity index (χ1n) is 5.06.